The van der Waals surface area contributed by atoms with Crippen LogP contribution in [0.25, 0.3) is 0 Å². The number of hydrogen-bond acceptors (Lipinski definition) is 3. The van der Waals surface area contributed by atoms with E-state index in [0.29, 0.717) is 25.0 Å². The molecule has 3 heteroatoms. The van der Waals surface area contributed by atoms with Gasteiger partial charge in [-0.1, -0.05) is 67.1 Å². The minimum Gasteiger partial charge on any atom is -0.427 e. The zero-order valence-corrected chi connectivity index (χ0v) is 16.1. The Labute approximate surface area is 163 Å². The summed E-state index contributed by atoms with van der Waals surface area (Å²) in [4.78, 5) is 11.7. The van der Waals surface area contributed by atoms with E-state index in [4.69, 9.17) is 9.84 Å². The molecule has 0 saturated carbocycles. The van der Waals surface area contributed by atoms with Crippen molar-refractivity contribution in [2.24, 2.45) is 0 Å². The van der Waals surface area contributed by atoms with Crippen molar-refractivity contribution in [1.82, 2.24) is 0 Å². The van der Waals surface area contributed by atoms with Crippen LogP contribution in [0.15, 0.2) is 30.3 Å². The van der Waals surface area contributed by atoms with Crippen molar-refractivity contribution in [2.75, 3.05) is 0 Å². The Hall–Kier alpha value is -2.67. The average molecular weight is 364 g/mol. The highest BCUT2D eigenvalue weighted by Crippen LogP contribution is 2.11. The summed E-state index contributed by atoms with van der Waals surface area (Å²) >= 11 is 0. The lowest BCUT2D eigenvalue weighted by Crippen LogP contribution is -2.07. The summed E-state index contributed by atoms with van der Waals surface area (Å²) in [6, 6.07) is 9.18. The molecule has 1 aromatic rings. The van der Waals surface area contributed by atoms with Gasteiger partial charge < -0.3 is 9.84 Å². The third-order valence-electron chi connectivity index (χ3n) is 3.57. The number of esters is 1. The smallest absolute Gasteiger partial charge is 0.311 e. The summed E-state index contributed by atoms with van der Waals surface area (Å²) in [5.74, 6) is 17.9. The molecule has 0 amide bonds. The van der Waals surface area contributed by atoms with Crippen LogP contribution in [0.2, 0.25) is 0 Å². The summed E-state index contributed by atoms with van der Waals surface area (Å²) in [5, 5.41) is 8.96. The second-order valence-corrected chi connectivity index (χ2v) is 6.11. The van der Waals surface area contributed by atoms with Crippen LogP contribution in [0.1, 0.15) is 64.7 Å². The summed E-state index contributed by atoms with van der Waals surface area (Å²) in [6.45, 7) is 1.63. The van der Waals surface area contributed by atoms with Gasteiger partial charge in [0.15, 0.2) is 0 Å². The molecule has 1 atom stereocenters. The Morgan fingerprint density at radius 1 is 0.926 bits per heavy atom. The van der Waals surface area contributed by atoms with E-state index in [2.05, 4.69) is 35.5 Å². The Morgan fingerprint density at radius 3 is 2.30 bits per heavy atom. The molecule has 0 aliphatic heterocycles. The van der Waals surface area contributed by atoms with Crippen LogP contribution in [-0.2, 0) is 4.79 Å². The second kappa shape index (κ2) is 15.6. The Morgan fingerprint density at radius 2 is 1.56 bits per heavy atom. The van der Waals surface area contributed by atoms with Gasteiger partial charge in [0.25, 0.3) is 0 Å². The molecular weight excluding hydrogens is 336 g/mol. The van der Waals surface area contributed by atoms with Crippen LogP contribution in [0.4, 0.5) is 0 Å². The molecule has 1 aromatic carbocycles. The number of unbranched alkanes of at least 4 members (excludes halogenated alkanes) is 5. The maximum absolute atomic E-state index is 11.7. The quantitative estimate of drug-likeness (QED) is 0.320. The maximum Gasteiger partial charge on any atom is 0.311 e. The van der Waals surface area contributed by atoms with Crippen LogP contribution in [-0.4, -0.2) is 17.2 Å². The van der Waals surface area contributed by atoms with Gasteiger partial charge in [-0.2, -0.15) is 0 Å². The van der Waals surface area contributed by atoms with Crippen LogP contribution in [0.5, 0.6) is 5.75 Å². The minimum absolute atomic E-state index is 0.162. The molecule has 0 heterocycles. The van der Waals surface area contributed by atoms with Gasteiger partial charge in [0.05, 0.1) is 12.8 Å². The molecule has 142 valence electrons. The zero-order chi connectivity index (χ0) is 19.6. The van der Waals surface area contributed by atoms with Crippen molar-refractivity contribution < 1.29 is 14.6 Å². The van der Waals surface area contributed by atoms with Crippen molar-refractivity contribution in [3.05, 3.63) is 30.3 Å². The largest absolute Gasteiger partial charge is 0.427 e. The number of benzene rings is 1. The summed E-state index contributed by atoms with van der Waals surface area (Å²) in [5.41, 5.74) is 0. The van der Waals surface area contributed by atoms with Crippen molar-refractivity contribution in [1.29, 1.82) is 0 Å². The molecule has 1 N–H and O–H groups in total. The van der Waals surface area contributed by atoms with Crippen molar-refractivity contribution >= 4 is 5.97 Å². The molecule has 0 aliphatic rings. The predicted molar refractivity (Wildman–Crippen MR) is 109 cm³/mol. The van der Waals surface area contributed by atoms with Gasteiger partial charge in [-0.05, 0) is 31.9 Å². The van der Waals surface area contributed by atoms with Gasteiger partial charge in [0, 0.05) is 12.8 Å². The normalized spacial score (nSPS) is 10.3. The Bertz CT molecular complexity index is 715. The molecule has 27 heavy (non-hydrogen) atoms. The SMILES string of the molecule is C[C@@H](O)C#CCC#CCC#CCCCCCCCC(=O)Oc1ccccc1. The van der Waals surface area contributed by atoms with Crippen molar-refractivity contribution in [3.8, 4) is 41.3 Å². The second-order valence-electron chi connectivity index (χ2n) is 6.11. The van der Waals surface area contributed by atoms with Gasteiger partial charge >= 0.3 is 5.97 Å². The predicted octanol–water partition coefficient (Wildman–Crippen LogP) is 4.49. The molecule has 0 spiro atoms. The highest BCUT2D eigenvalue weighted by atomic mass is 16.5. The molecule has 0 aromatic heterocycles. The maximum atomic E-state index is 11.7. The fraction of sp³-hybridized carbons (Fsp3) is 0.458. The number of aliphatic hydroxyl groups excluding tert-OH is 1. The molecule has 3 nitrogen and oxygen atoms in total. The first-order valence-electron chi connectivity index (χ1n) is 9.52. The Kier molecular flexibility index (Phi) is 12.9. The lowest BCUT2D eigenvalue weighted by atomic mass is 10.1. The third kappa shape index (κ3) is 14.2. The minimum atomic E-state index is -0.588. The van der Waals surface area contributed by atoms with E-state index in [0.717, 1.165) is 38.5 Å². The van der Waals surface area contributed by atoms with E-state index >= 15 is 0 Å². The van der Waals surface area contributed by atoms with Gasteiger partial charge in [-0.3, -0.25) is 4.79 Å². The van der Waals surface area contributed by atoms with Crippen LogP contribution in [0, 0.1) is 35.5 Å². The molecule has 0 fully saturated rings. The van der Waals surface area contributed by atoms with Gasteiger partial charge in [0.2, 0.25) is 0 Å². The standard InChI is InChI=1S/C24H28O3/c1-22(25)18-14-11-9-7-5-3-2-4-6-8-10-12-17-21-24(26)27-23-19-15-13-16-20-23/h13,15-16,19-20,22,25H,4-6,8,10-12,17,21H2,1H3/t22-/m1/s1. The number of hydrogen-bond donors (Lipinski definition) is 1. The van der Waals surface area contributed by atoms with Crippen LogP contribution in [0.3, 0.4) is 0 Å². The lowest BCUT2D eigenvalue weighted by Gasteiger charge is -2.03. The molecule has 0 aliphatic carbocycles. The summed E-state index contributed by atoms with van der Waals surface area (Å²) in [6.07, 6.45) is 7.04. The summed E-state index contributed by atoms with van der Waals surface area (Å²) in [7, 11) is 0. The van der Waals surface area contributed by atoms with Gasteiger partial charge in [-0.25, -0.2) is 0 Å². The molecule has 1 rings (SSSR count). The number of para-hydroxylation sites is 1. The average Bonchev–Trinajstić information content (AvgIpc) is 2.65. The molecular formula is C24H28O3. The molecule has 0 saturated heterocycles. The van der Waals surface area contributed by atoms with E-state index in [9.17, 15) is 4.79 Å². The number of rotatable bonds is 8. The first-order valence-corrected chi connectivity index (χ1v) is 9.52. The highest BCUT2D eigenvalue weighted by Gasteiger charge is 2.03. The van der Waals surface area contributed by atoms with E-state index in [-0.39, 0.29) is 5.97 Å². The zero-order valence-electron chi connectivity index (χ0n) is 16.1. The number of aliphatic hydroxyl groups is 1. The highest BCUT2D eigenvalue weighted by molar-refractivity contribution is 5.72. The van der Waals surface area contributed by atoms with E-state index in [1.165, 1.54) is 0 Å². The number of carbonyl (C=O) groups excluding carboxylic acids is 1. The van der Waals surface area contributed by atoms with Crippen molar-refractivity contribution in [3.63, 3.8) is 0 Å². The Balaban J connectivity index is 1.94. The van der Waals surface area contributed by atoms with Gasteiger partial charge in [0.1, 0.15) is 11.9 Å². The molecule has 0 unspecified atom stereocenters. The van der Waals surface area contributed by atoms with Crippen LogP contribution < -0.4 is 4.74 Å². The van der Waals surface area contributed by atoms with Crippen LogP contribution >= 0.6 is 0 Å². The first-order chi connectivity index (χ1) is 13.2. The third-order valence-corrected chi connectivity index (χ3v) is 3.57. The van der Waals surface area contributed by atoms with E-state index in [1.54, 1.807) is 19.1 Å². The summed E-state index contributed by atoms with van der Waals surface area (Å²) < 4.78 is 5.25. The van der Waals surface area contributed by atoms with E-state index in [1.807, 2.05) is 18.2 Å². The topological polar surface area (TPSA) is 46.5 Å². The molecule has 0 bridgehead atoms. The number of ether oxygens (including phenoxy) is 1. The van der Waals surface area contributed by atoms with Gasteiger partial charge in [-0.15, -0.1) is 5.92 Å². The lowest BCUT2D eigenvalue weighted by molar-refractivity contribution is -0.134. The first kappa shape index (κ1) is 22.4. The number of carbonyl (C=O) groups is 1. The fourth-order valence-electron chi connectivity index (χ4n) is 2.25. The fourth-order valence-corrected chi connectivity index (χ4v) is 2.25. The van der Waals surface area contributed by atoms with E-state index < -0.39 is 6.10 Å². The molecule has 0 radical (unpaired) electrons. The van der Waals surface area contributed by atoms with Crippen molar-refractivity contribution in [2.45, 2.75) is 70.8 Å². The monoisotopic (exact) mass is 364 g/mol.